The predicted molar refractivity (Wildman–Crippen MR) is 60.7 cm³/mol. The van der Waals surface area contributed by atoms with E-state index in [1.807, 2.05) is 19.1 Å². The lowest BCUT2D eigenvalue weighted by molar-refractivity contribution is 0.0945. The fourth-order valence-electron chi connectivity index (χ4n) is 1.30. The van der Waals surface area contributed by atoms with E-state index >= 15 is 0 Å². The highest BCUT2D eigenvalue weighted by atomic mass is 16.3. The van der Waals surface area contributed by atoms with Gasteiger partial charge in [0, 0.05) is 6.54 Å². The number of aryl methyl sites for hydroxylation is 1. The third-order valence-electron chi connectivity index (χ3n) is 2.09. The van der Waals surface area contributed by atoms with Gasteiger partial charge in [-0.3, -0.25) is 0 Å². The molecule has 0 radical (unpaired) electrons. The Morgan fingerprint density at radius 2 is 2.13 bits per heavy atom. The Kier molecular flexibility index (Phi) is 3.33. The largest absolute Gasteiger partial charge is 0.389 e. The third-order valence-corrected chi connectivity index (χ3v) is 2.09. The average molecular weight is 204 g/mol. The maximum atomic E-state index is 9.59. The molecule has 0 amide bonds. The van der Waals surface area contributed by atoms with Gasteiger partial charge in [0.15, 0.2) is 0 Å². The van der Waals surface area contributed by atoms with Gasteiger partial charge in [-0.05, 0) is 32.4 Å². The summed E-state index contributed by atoms with van der Waals surface area (Å²) < 4.78 is 0. The van der Waals surface area contributed by atoms with Crippen molar-refractivity contribution in [2.45, 2.75) is 26.4 Å². The van der Waals surface area contributed by atoms with Crippen LogP contribution in [0.4, 0.5) is 5.69 Å². The Labute approximate surface area is 90.4 Å². The Bertz CT molecular complexity index is 386. The maximum Gasteiger partial charge on any atom is 0.101 e. The highest BCUT2D eigenvalue weighted by Crippen LogP contribution is 2.20. The first-order chi connectivity index (χ1) is 6.94. The molecule has 1 aromatic rings. The minimum Gasteiger partial charge on any atom is -0.389 e. The van der Waals surface area contributed by atoms with E-state index in [0.717, 1.165) is 11.3 Å². The van der Waals surface area contributed by atoms with Gasteiger partial charge < -0.3 is 10.4 Å². The van der Waals surface area contributed by atoms with E-state index in [9.17, 15) is 5.11 Å². The van der Waals surface area contributed by atoms with Crippen LogP contribution in [0.1, 0.15) is 25.0 Å². The van der Waals surface area contributed by atoms with Gasteiger partial charge in [-0.15, -0.1) is 0 Å². The number of rotatable bonds is 3. The zero-order valence-corrected chi connectivity index (χ0v) is 9.33. The second-order valence-corrected chi connectivity index (χ2v) is 4.28. The molecular weight excluding hydrogens is 188 g/mol. The Balaban J connectivity index is 2.90. The summed E-state index contributed by atoms with van der Waals surface area (Å²) in [6.07, 6.45) is 0. The summed E-state index contributed by atoms with van der Waals surface area (Å²) in [6.45, 7) is 5.81. The third kappa shape index (κ3) is 3.26. The van der Waals surface area contributed by atoms with E-state index in [4.69, 9.17) is 5.26 Å². The van der Waals surface area contributed by atoms with Gasteiger partial charge in [0.25, 0.3) is 0 Å². The molecule has 0 atom stereocenters. The van der Waals surface area contributed by atoms with Crippen molar-refractivity contribution in [3.63, 3.8) is 0 Å². The number of anilines is 1. The molecule has 0 bridgehead atoms. The highest BCUT2D eigenvalue weighted by Gasteiger charge is 2.13. The number of aliphatic hydroxyl groups is 1. The zero-order chi connectivity index (χ0) is 11.5. The fraction of sp³-hybridized carbons (Fsp3) is 0.417. The molecule has 0 aliphatic carbocycles. The van der Waals surface area contributed by atoms with E-state index in [1.165, 1.54) is 0 Å². The maximum absolute atomic E-state index is 9.59. The van der Waals surface area contributed by atoms with Crippen LogP contribution in [0.3, 0.4) is 0 Å². The van der Waals surface area contributed by atoms with E-state index in [2.05, 4.69) is 11.4 Å². The molecule has 80 valence electrons. The SMILES string of the molecule is Cc1cccc(C#N)c1NCC(C)(C)O. The van der Waals surface area contributed by atoms with Gasteiger partial charge in [0.05, 0.1) is 16.9 Å². The lowest BCUT2D eigenvalue weighted by Crippen LogP contribution is -2.29. The molecule has 0 heterocycles. The zero-order valence-electron chi connectivity index (χ0n) is 9.33. The Morgan fingerprint density at radius 1 is 1.47 bits per heavy atom. The summed E-state index contributed by atoms with van der Waals surface area (Å²) in [7, 11) is 0. The minimum atomic E-state index is -0.783. The quantitative estimate of drug-likeness (QED) is 0.792. The predicted octanol–water partition coefficient (Wildman–Crippen LogP) is 2.05. The molecule has 0 saturated carbocycles. The number of benzene rings is 1. The topological polar surface area (TPSA) is 56.0 Å². The molecule has 3 heteroatoms. The van der Waals surface area contributed by atoms with Crippen LogP contribution >= 0.6 is 0 Å². The second kappa shape index (κ2) is 4.33. The number of para-hydroxylation sites is 1. The van der Waals surface area contributed by atoms with Crippen LogP contribution in [-0.4, -0.2) is 17.3 Å². The van der Waals surface area contributed by atoms with Gasteiger partial charge in [-0.25, -0.2) is 0 Å². The first-order valence-corrected chi connectivity index (χ1v) is 4.90. The molecule has 0 aliphatic heterocycles. The fourth-order valence-corrected chi connectivity index (χ4v) is 1.30. The summed E-state index contributed by atoms with van der Waals surface area (Å²) in [6, 6.07) is 7.68. The van der Waals surface area contributed by atoms with Crippen LogP contribution in [0, 0.1) is 18.3 Å². The van der Waals surface area contributed by atoms with Gasteiger partial charge in [0.1, 0.15) is 6.07 Å². The molecule has 1 aromatic carbocycles. The van der Waals surface area contributed by atoms with Crippen molar-refractivity contribution >= 4 is 5.69 Å². The minimum absolute atomic E-state index is 0.423. The van der Waals surface area contributed by atoms with Crippen molar-refractivity contribution in [1.82, 2.24) is 0 Å². The smallest absolute Gasteiger partial charge is 0.101 e. The normalized spacial score (nSPS) is 10.9. The van der Waals surface area contributed by atoms with E-state index in [0.29, 0.717) is 12.1 Å². The Hall–Kier alpha value is -1.53. The summed E-state index contributed by atoms with van der Waals surface area (Å²) in [5.41, 5.74) is 1.65. The van der Waals surface area contributed by atoms with Gasteiger partial charge in [-0.1, -0.05) is 12.1 Å². The van der Waals surface area contributed by atoms with Crippen molar-refractivity contribution in [2.24, 2.45) is 0 Å². The van der Waals surface area contributed by atoms with Crippen LogP contribution in [0.2, 0.25) is 0 Å². The molecule has 0 fully saturated rings. The van der Waals surface area contributed by atoms with Crippen molar-refractivity contribution < 1.29 is 5.11 Å². The molecular formula is C12H16N2O. The lowest BCUT2D eigenvalue weighted by atomic mass is 10.1. The molecule has 0 aliphatic rings. The summed E-state index contributed by atoms with van der Waals surface area (Å²) in [4.78, 5) is 0. The molecule has 2 N–H and O–H groups in total. The van der Waals surface area contributed by atoms with Gasteiger partial charge >= 0.3 is 0 Å². The first-order valence-electron chi connectivity index (χ1n) is 4.90. The summed E-state index contributed by atoms with van der Waals surface area (Å²) in [5, 5.41) is 21.6. The van der Waals surface area contributed by atoms with Gasteiger partial charge in [0.2, 0.25) is 0 Å². The van der Waals surface area contributed by atoms with Crippen LogP contribution in [0.5, 0.6) is 0 Å². The number of nitrogens with one attached hydrogen (secondary N) is 1. The van der Waals surface area contributed by atoms with Crippen LogP contribution in [0.15, 0.2) is 18.2 Å². The highest BCUT2D eigenvalue weighted by molar-refractivity contribution is 5.62. The van der Waals surface area contributed by atoms with Crippen molar-refractivity contribution in [2.75, 3.05) is 11.9 Å². The van der Waals surface area contributed by atoms with Gasteiger partial charge in [-0.2, -0.15) is 5.26 Å². The molecule has 0 unspecified atom stereocenters. The number of nitrogens with zero attached hydrogens (tertiary/aromatic N) is 1. The van der Waals surface area contributed by atoms with Crippen molar-refractivity contribution in [3.8, 4) is 6.07 Å². The average Bonchev–Trinajstić information content (AvgIpc) is 2.14. The second-order valence-electron chi connectivity index (χ2n) is 4.28. The van der Waals surface area contributed by atoms with E-state index in [-0.39, 0.29) is 0 Å². The van der Waals surface area contributed by atoms with Crippen LogP contribution in [-0.2, 0) is 0 Å². The molecule has 0 aromatic heterocycles. The number of nitriles is 1. The molecule has 3 nitrogen and oxygen atoms in total. The molecule has 0 saturated heterocycles. The number of hydrogen-bond donors (Lipinski definition) is 2. The van der Waals surface area contributed by atoms with Crippen LogP contribution < -0.4 is 5.32 Å². The standard InChI is InChI=1S/C12H16N2O/c1-9-5-4-6-10(7-13)11(9)14-8-12(2,3)15/h4-6,14-15H,8H2,1-3H3. The van der Waals surface area contributed by atoms with E-state index < -0.39 is 5.60 Å². The van der Waals surface area contributed by atoms with Crippen molar-refractivity contribution in [3.05, 3.63) is 29.3 Å². The van der Waals surface area contributed by atoms with E-state index in [1.54, 1.807) is 19.9 Å². The molecule has 0 spiro atoms. The van der Waals surface area contributed by atoms with Crippen molar-refractivity contribution in [1.29, 1.82) is 5.26 Å². The molecule has 15 heavy (non-hydrogen) atoms. The van der Waals surface area contributed by atoms with Crippen LogP contribution in [0.25, 0.3) is 0 Å². The lowest BCUT2D eigenvalue weighted by Gasteiger charge is -2.20. The monoisotopic (exact) mass is 204 g/mol. The Morgan fingerprint density at radius 3 is 2.67 bits per heavy atom. The number of hydrogen-bond acceptors (Lipinski definition) is 3. The summed E-state index contributed by atoms with van der Waals surface area (Å²) >= 11 is 0. The molecule has 1 rings (SSSR count). The summed E-state index contributed by atoms with van der Waals surface area (Å²) in [5.74, 6) is 0. The first kappa shape index (κ1) is 11.5.